The van der Waals surface area contributed by atoms with Gasteiger partial charge in [0, 0.05) is 29.2 Å². The van der Waals surface area contributed by atoms with Gasteiger partial charge in [0.05, 0.1) is 23.5 Å². The molecule has 9 heteroatoms. The van der Waals surface area contributed by atoms with Crippen LogP contribution in [0.4, 0.5) is 0 Å². The van der Waals surface area contributed by atoms with Crippen LogP contribution in [0.2, 0.25) is 5.02 Å². The van der Waals surface area contributed by atoms with Gasteiger partial charge in [-0.3, -0.25) is 9.59 Å². The van der Waals surface area contributed by atoms with Gasteiger partial charge in [0.2, 0.25) is 5.91 Å². The molecule has 4 aromatic rings. The maximum Gasteiger partial charge on any atom is 0.293 e. The molecule has 0 aliphatic rings. The molecule has 2 heterocycles. The van der Waals surface area contributed by atoms with Gasteiger partial charge >= 0.3 is 0 Å². The minimum absolute atomic E-state index is 0.153. The molecular weight excluding hydrogens is 490 g/mol. The highest BCUT2D eigenvalue weighted by Gasteiger charge is 2.39. The van der Waals surface area contributed by atoms with Gasteiger partial charge in [0.15, 0.2) is 5.65 Å². The quantitative estimate of drug-likeness (QED) is 0.317. The highest BCUT2D eigenvalue weighted by molar-refractivity contribution is 6.30. The Bertz CT molecular complexity index is 1450. The number of ether oxygens (including phenoxy) is 1. The van der Waals surface area contributed by atoms with Crippen molar-refractivity contribution in [2.24, 2.45) is 0 Å². The van der Waals surface area contributed by atoms with E-state index in [9.17, 15) is 14.9 Å². The van der Waals surface area contributed by atoms with E-state index < -0.39 is 5.41 Å². The molecule has 0 saturated heterocycles. The summed E-state index contributed by atoms with van der Waals surface area (Å²) in [5.41, 5.74) is 2.28. The number of hydrogen-bond acceptors (Lipinski definition) is 6. The molecule has 2 aromatic carbocycles. The van der Waals surface area contributed by atoms with E-state index in [1.807, 2.05) is 49.4 Å². The monoisotopic (exact) mass is 515 g/mol. The second-order valence-corrected chi connectivity index (χ2v) is 9.56. The van der Waals surface area contributed by atoms with E-state index >= 15 is 0 Å². The predicted octanol–water partition coefficient (Wildman–Crippen LogP) is 4.22. The molecule has 3 atom stereocenters. The number of amides is 1. The molecule has 37 heavy (non-hydrogen) atoms. The number of nitrogens with one attached hydrogen (secondary N) is 1. The maximum atomic E-state index is 13.8. The number of carbonyl (C=O) groups excluding carboxylic acids is 2. The van der Waals surface area contributed by atoms with E-state index in [1.54, 1.807) is 42.0 Å². The largest absolute Gasteiger partial charge is 0.466 e. The molecule has 0 bridgehead atoms. The fraction of sp³-hybridized carbons (Fsp3) is 0.250. The van der Waals surface area contributed by atoms with Crippen LogP contribution in [0.5, 0.6) is 0 Å². The van der Waals surface area contributed by atoms with Crippen molar-refractivity contribution in [2.75, 3.05) is 6.61 Å². The molecule has 0 aliphatic heterocycles. The minimum Gasteiger partial charge on any atom is -0.466 e. The number of carbonyl (C=O) groups is 2. The Balaban J connectivity index is 1.65. The molecule has 0 spiro atoms. The van der Waals surface area contributed by atoms with Crippen LogP contribution in [-0.4, -0.2) is 39.6 Å². The summed E-state index contributed by atoms with van der Waals surface area (Å²) in [6.45, 7) is 3.76. The van der Waals surface area contributed by atoms with Crippen molar-refractivity contribution in [2.45, 2.75) is 37.6 Å². The molecule has 1 unspecified atom stereocenters. The Morgan fingerprint density at radius 1 is 1.24 bits per heavy atom. The lowest BCUT2D eigenvalue weighted by Crippen LogP contribution is -2.50. The first-order valence-electron chi connectivity index (χ1n) is 11.8. The molecule has 0 radical (unpaired) electrons. The van der Waals surface area contributed by atoms with E-state index in [1.165, 1.54) is 0 Å². The fourth-order valence-electron chi connectivity index (χ4n) is 4.34. The van der Waals surface area contributed by atoms with Crippen LogP contribution < -0.4 is 5.32 Å². The highest BCUT2D eigenvalue weighted by Crippen LogP contribution is 2.29. The topological polar surface area (TPSA) is 109 Å². The van der Waals surface area contributed by atoms with E-state index in [4.69, 9.17) is 16.3 Å². The molecule has 0 saturated carbocycles. The lowest BCUT2D eigenvalue weighted by atomic mass is 9.83. The number of nitrogens with zero attached hydrogens (tertiary/aromatic N) is 4. The van der Waals surface area contributed by atoms with Gasteiger partial charge in [-0.05, 0) is 61.7 Å². The van der Waals surface area contributed by atoms with Gasteiger partial charge in [-0.2, -0.15) is 10.4 Å². The van der Waals surface area contributed by atoms with Crippen molar-refractivity contribution in [3.63, 3.8) is 0 Å². The molecular formula is C28H26ClN5O3. The molecule has 2 aromatic heterocycles. The van der Waals surface area contributed by atoms with Crippen LogP contribution in [0.15, 0.2) is 73.1 Å². The summed E-state index contributed by atoms with van der Waals surface area (Å²) in [6, 6.07) is 20.2. The van der Waals surface area contributed by atoms with Crippen molar-refractivity contribution in [1.82, 2.24) is 19.9 Å². The summed E-state index contributed by atoms with van der Waals surface area (Å²) in [5, 5.41) is 17.4. The lowest BCUT2D eigenvalue weighted by Gasteiger charge is -2.32. The third-order valence-corrected chi connectivity index (χ3v) is 6.79. The van der Waals surface area contributed by atoms with Gasteiger partial charge in [0.1, 0.15) is 12.0 Å². The Labute approximate surface area is 219 Å². The summed E-state index contributed by atoms with van der Waals surface area (Å²) in [6.07, 6.45) is 3.93. The first-order valence-corrected chi connectivity index (χ1v) is 12.1. The van der Waals surface area contributed by atoms with Gasteiger partial charge < -0.3 is 10.1 Å². The summed E-state index contributed by atoms with van der Waals surface area (Å²) in [5.74, 6) is -0.490. The van der Waals surface area contributed by atoms with Crippen LogP contribution in [0.1, 0.15) is 42.1 Å². The molecule has 8 nitrogen and oxygen atoms in total. The average Bonchev–Trinajstić information content (AvgIpc) is 3.39. The van der Waals surface area contributed by atoms with Crippen LogP contribution >= 0.6 is 11.6 Å². The van der Waals surface area contributed by atoms with Gasteiger partial charge in [-0.1, -0.05) is 35.9 Å². The second-order valence-electron chi connectivity index (χ2n) is 9.12. The third kappa shape index (κ3) is 5.79. The number of hydrogen-bond donors (Lipinski definition) is 1. The average molecular weight is 516 g/mol. The Morgan fingerprint density at radius 2 is 2.03 bits per heavy atom. The zero-order valence-electron chi connectivity index (χ0n) is 20.5. The summed E-state index contributed by atoms with van der Waals surface area (Å²) >= 11 is 6.07. The normalized spacial score (nSPS) is 14.2. The number of aromatic nitrogens is 3. The SMILES string of the molecule is C[C@H](NC(=O)C(C)(COC=O)c1ccn2nccc2n1)[C@@H](Cc1ccc(Cl)cc1)c1cccc(C#N)c1. The highest BCUT2D eigenvalue weighted by atomic mass is 35.5. The van der Waals surface area contributed by atoms with Crippen molar-refractivity contribution in [3.05, 3.63) is 100 Å². The van der Waals surface area contributed by atoms with Crippen molar-refractivity contribution in [1.29, 1.82) is 5.26 Å². The number of halogens is 1. The predicted molar refractivity (Wildman–Crippen MR) is 139 cm³/mol. The van der Waals surface area contributed by atoms with E-state index in [2.05, 4.69) is 21.5 Å². The maximum absolute atomic E-state index is 13.8. The van der Waals surface area contributed by atoms with E-state index in [0.717, 1.165) is 11.1 Å². The number of fused-ring (bicyclic) bond motifs is 1. The molecule has 1 amide bonds. The Kier molecular flexibility index (Phi) is 7.85. The van der Waals surface area contributed by atoms with Crippen molar-refractivity contribution < 1.29 is 14.3 Å². The second kappa shape index (κ2) is 11.2. The van der Waals surface area contributed by atoms with Gasteiger partial charge in [0.25, 0.3) is 6.47 Å². The zero-order chi connectivity index (χ0) is 26.4. The van der Waals surface area contributed by atoms with E-state index in [-0.39, 0.29) is 24.5 Å². The van der Waals surface area contributed by atoms with Crippen molar-refractivity contribution >= 4 is 29.6 Å². The fourth-order valence-corrected chi connectivity index (χ4v) is 4.47. The molecule has 0 fully saturated rings. The summed E-state index contributed by atoms with van der Waals surface area (Å²) in [4.78, 5) is 29.4. The lowest BCUT2D eigenvalue weighted by molar-refractivity contribution is -0.135. The van der Waals surface area contributed by atoms with Crippen molar-refractivity contribution in [3.8, 4) is 6.07 Å². The van der Waals surface area contributed by atoms with Crippen LogP contribution in [-0.2, 0) is 26.2 Å². The Morgan fingerprint density at radius 3 is 2.76 bits per heavy atom. The van der Waals surface area contributed by atoms with Crippen LogP contribution in [0.3, 0.4) is 0 Å². The minimum atomic E-state index is -1.25. The number of nitriles is 1. The third-order valence-electron chi connectivity index (χ3n) is 6.54. The standard InChI is InChI=1S/C28H26ClN5O3/c1-19(24(15-20-6-8-23(29)9-7-20)22-5-3-4-21(14-22)16-30)32-27(36)28(2,17-37-18-35)25-11-13-34-26(33-25)10-12-31-34/h3-14,18-19,24H,15,17H2,1-2H3,(H,32,36)/t19-,24+,28?/m0/s1. The van der Waals surface area contributed by atoms with Gasteiger partial charge in [-0.15, -0.1) is 0 Å². The number of rotatable bonds is 10. The Hall–Kier alpha value is -4.22. The first kappa shape index (κ1) is 25.9. The molecule has 0 aliphatic carbocycles. The van der Waals surface area contributed by atoms with E-state index in [0.29, 0.717) is 34.8 Å². The first-order chi connectivity index (χ1) is 17.8. The zero-order valence-corrected chi connectivity index (χ0v) is 21.2. The van der Waals surface area contributed by atoms with Crippen LogP contribution in [0.25, 0.3) is 5.65 Å². The molecule has 1 N–H and O–H groups in total. The van der Waals surface area contributed by atoms with Crippen LogP contribution in [0, 0.1) is 11.3 Å². The molecule has 4 rings (SSSR count). The molecule has 188 valence electrons. The summed E-state index contributed by atoms with van der Waals surface area (Å²) < 4.78 is 6.67. The smallest absolute Gasteiger partial charge is 0.293 e. The number of benzene rings is 2. The summed E-state index contributed by atoms with van der Waals surface area (Å²) in [7, 11) is 0. The van der Waals surface area contributed by atoms with Gasteiger partial charge in [-0.25, -0.2) is 9.50 Å².